The molecule has 0 atom stereocenters. The number of hydrogen-bond donors (Lipinski definition) is 0. The Hall–Kier alpha value is -1.92. The van der Waals surface area contributed by atoms with Gasteiger partial charge < -0.3 is 0 Å². The van der Waals surface area contributed by atoms with E-state index in [0.717, 1.165) is 34.2 Å². The van der Waals surface area contributed by atoms with E-state index in [2.05, 4.69) is 54.3 Å². The first-order valence-corrected chi connectivity index (χ1v) is 12.2. The fraction of sp³-hybridized carbons (Fsp3) is 0.412. The van der Waals surface area contributed by atoms with Gasteiger partial charge in [0, 0.05) is 24.0 Å². The fourth-order valence-corrected chi connectivity index (χ4v) is 4.80. The molecule has 3 aromatic rings. The molecule has 0 unspecified atom stereocenters. The standard InChI is InChI=1S/C15H21N6P.C2H3N.Cu.F6P/c1-10-7-13(4)19(16-10)22(20-14(5)8-11(2)17-20)21-15(6)9-12(3)18-21;1-2-3;;1-7(2,3,4,5)6/h7-9H,1-6H3;1H3;;/q;;+1;-1. The van der Waals surface area contributed by atoms with Crippen LogP contribution in [0.4, 0.5) is 25.2 Å². The Balaban J connectivity index is 0.000000793. The van der Waals surface area contributed by atoms with Crippen molar-refractivity contribution >= 4 is 16.2 Å². The molecule has 0 radical (unpaired) electrons. The largest absolute Gasteiger partial charge is 1.00 e. The fourth-order valence-electron chi connectivity index (χ4n) is 2.64. The maximum atomic E-state index is 9.87. The zero-order chi connectivity index (χ0) is 25.1. The van der Waals surface area contributed by atoms with Crippen LogP contribution in [0, 0.1) is 52.9 Å². The van der Waals surface area contributed by atoms with Crippen molar-refractivity contribution in [2.24, 2.45) is 0 Å². The van der Waals surface area contributed by atoms with Crippen molar-refractivity contribution in [3.8, 4) is 6.07 Å². The quantitative estimate of drug-likeness (QED) is 0.191. The molecule has 0 spiro atoms. The van der Waals surface area contributed by atoms with Gasteiger partial charge in [0.2, 0.25) is 0 Å². The summed E-state index contributed by atoms with van der Waals surface area (Å²) in [5.74, 6) is 0. The minimum Gasteiger partial charge on any atom is 1.00 e. The van der Waals surface area contributed by atoms with Crippen molar-refractivity contribution in [1.82, 2.24) is 28.7 Å². The molecule has 0 fully saturated rings. The van der Waals surface area contributed by atoms with E-state index in [4.69, 9.17) is 5.26 Å². The molecule has 0 bridgehead atoms. The van der Waals surface area contributed by atoms with Gasteiger partial charge in [0.15, 0.2) is 0 Å². The molecular formula is C17H24CuF6N7P2. The molecule has 0 aromatic carbocycles. The second-order valence-electron chi connectivity index (χ2n) is 6.90. The molecule has 7 nitrogen and oxygen atoms in total. The van der Waals surface area contributed by atoms with E-state index >= 15 is 0 Å². The summed E-state index contributed by atoms with van der Waals surface area (Å²) in [6.07, 6.45) is 0. The summed E-state index contributed by atoms with van der Waals surface area (Å²) in [5, 5.41) is 21.4. The molecule has 0 saturated carbocycles. The van der Waals surface area contributed by atoms with Crippen LogP contribution in [0.15, 0.2) is 18.2 Å². The molecular weight excluding hydrogens is 542 g/mol. The molecule has 33 heavy (non-hydrogen) atoms. The van der Waals surface area contributed by atoms with Crippen LogP contribution in [0.5, 0.6) is 0 Å². The minimum absolute atomic E-state index is 0. The van der Waals surface area contributed by atoms with Gasteiger partial charge in [-0.15, -0.1) is 0 Å². The van der Waals surface area contributed by atoms with Crippen LogP contribution in [-0.2, 0) is 17.1 Å². The van der Waals surface area contributed by atoms with E-state index in [9.17, 15) is 25.2 Å². The topological polar surface area (TPSA) is 77.2 Å². The van der Waals surface area contributed by atoms with E-state index in [-0.39, 0.29) is 17.1 Å². The van der Waals surface area contributed by atoms with E-state index in [1.165, 1.54) is 6.92 Å². The van der Waals surface area contributed by atoms with Gasteiger partial charge in [0.25, 0.3) is 8.37 Å². The SMILES string of the molecule is CC#N.Cc1cc(C)n(P(n2nc(C)cc2C)n2nc(C)cc2C)n1.F[P-](F)(F)(F)(F)F.[Cu+]. The predicted molar refractivity (Wildman–Crippen MR) is 113 cm³/mol. The zero-order valence-corrected chi connectivity index (χ0v) is 21.6. The summed E-state index contributed by atoms with van der Waals surface area (Å²) in [6.45, 7) is 13.7. The molecule has 0 aliphatic rings. The normalized spacial score (nSPS) is 12.9. The first-order chi connectivity index (χ1) is 14.2. The van der Waals surface area contributed by atoms with Gasteiger partial charge in [-0.25, -0.2) is 13.4 Å². The third-order valence-corrected chi connectivity index (χ3v) is 5.70. The summed E-state index contributed by atoms with van der Waals surface area (Å²) in [4.78, 5) is 0. The van der Waals surface area contributed by atoms with Crippen LogP contribution in [0.2, 0.25) is 0 Å². The van der Waals surface area contributed by atoms with Crippen LogP contribution in [0.1, 0.15) is 41.1 Å². The molecule has 0 amide bonds. The van der Waals surface area contributed by atoms with Crippen molar-refractivity contribution in [3.63, 3.8) is 0 Å². The summed E-state index contributed by atoms with van der Waals surface area (Å²) in [7, 11) is -11.7. The Bertz CT molecular complexity index is 1010. The average molecular weight is 566 g/mol. The first kappa shape index (κ1) is 31.1. The predicted octanol–water partition coefficient (Wildman–Crippen LogP) is 7.21. The summed E-state index contributed by atoms with van der Waals surface area (Å²) >= 11 is 0. The zero-order valence-electron chi connectivity index (χ0n) is 18.8. The third-order valence-electron chi connectivity index (χ3n) is 3.47. The van der Waals surface area contributed by atoms with Gasteiger partial charge in [-0.2, -0.15) is 20.6 Å². The average Bonchev–Trinajstić information content (AvgIpc) is 3.16. The second-order valence-corrected chi connectivity index (χ2v) is 10.5. The van der Waals surface area contributed by atoms with Gasteiger partial charge >= 0.3 is 50.1 Å². The third kappa shape index (κ3) is 11.2. The molecule has 0 N–H and O–H groups in total. The Morgan fingerprint density at radius 2 is 0.879 bits per heavy atom. The van der Waals surface area contributed by atoms with Crippen molar-refractivity contribution in [2.75, 3.05) is 0 Å². The molecule has 0 aliphatic heterocycles. The minimum atomic E-state index is -10.7. The number of rotatable bonds is 3. The van der Waals surface area contributed by atoms with E-state index in [0.29, 0.717) is 0 Å². The number of nitrogens with zero attached hydrogens (tertiary/aromatic N) is 7. The molecule has 16 heteroatoms. The molecule has 0 aliphatic carbocycles. The van der Waals surface area contributed by atoms with Crippen LogP contribution >= 0.6 is 16.2 Å². The summed E-state index contributed by atoms with van der Waals surface area (Å²) in [5.41, 5.74) is 6.37. The first-order valence-electron chi connectivity index (χ1n) is 9.01. The smallest absolute Gasteiger partial charge is 1.00 e. The number of nitriles is 1. The Labute approximate surface area is 199 Å². The van der Waals surface area contributed by atoms with Gasteiger partial charge in [-0.05, 0) is 59.7 Å². The van der Waals surface area contributed by atoms with Gasteiger partial charge in [0.05, 0.1) is 23.2 Å². The van der Waals surface area contributed by atoms with Gasteiger partial charge in [-0.3, -0.25) is 0 Å². The van der Waals surface area contributed by atoms with Crippen molar-refractivity contribution in [1.29, 1.82) is 5.26 Å². The van der Waals surface area contributed by atoms with Crippen LogP contribution in [0.25, 0.3) is 0 Å². The maximum Gasteiger partial charge on any atom is 1.00 e. The van der Waals surface area contributed by atoms with Crippen molar-refractivity contribution in [2.45, 2.75) is 48.5 Å². The van der Waals surface area contributed by atoms with E-state index < -0.39 is 16.2 Å². The van der Waals surface area contributed by atoms with E-state index in [1.54, 1.807) is 6.07 Å². The number of aromatic nitrogens is 6. The van der Waals surface area contributed by atoms with E-state index in [1.807, 2.05) is 34.1 Å². The van der Waals surface area contributed by atoms with Gasteiger partial charge in [0.1, 0.15) is 0 Å². The molecule has 0 saturated heterocycles. The summed E-state index contributed by atoms with van der Waals surface area (Å²) in [6, 6.07) is 8.02. The number of hydrogen-bond acceptors (Lipinski definition) is 4. The summed E-state index contributed by atoms with van der Waals surface area (Å²) < 4.78 is 65.3. The van der Waals surface area contributed by atoms with Crippen LogP contribution < -0.4 is 0 Å². The van der Waals surface area contributed by atoms with Crippen LogP contribution in [-0.4, -0.2) is 28.7 Å². The van der Waals surface area contributed by atoms with Crippen molar-refractivity contribution < 1.29 is 42.3 Å². The number of aryl methyl sites for hydroxylation is 6. The molecule has 3 aromatic heterocycles. The maximum absolute atomic E-state index is 10.7. The van der Waals surface area contributed by atoms with Crippen LogP contribution in [0.3, 0.4) is 0 Å². The Morgan fingerprint density at radius 3 is 1.00 bits per heavy atom. The van der Waals surface area contributed by atoms with Crippen molar-refractivity contribution in [3.05, 3.63) is 52.4 Å². The molecule has 190 valence electrons. The Kier molecular flexibility index (Phi) is 9.55. The number of halogens is 6. The Morgan fingerprint density at radius 1 is 0.697 bits per heavy atom. The second kappa shape index (κ2) is 10.1. The van der Waals surface area contributed by atoms with Gasteiger partial charge in [-0.1, -0.05) is 0 Å². The molecule has 3 rings (SSSR count). The molecule has 3 heterocycles. The monoisotopic (exact) mass is 565 g/mol.